The Morgan fingerprint density at radius 2 is 0.918 bits per heavy atom. The fourth-order valence-electron chi connectivity index (χ4n) is 12.0. The normalized spacial score (nSPS) is 32.6. The number of hydrogen-bond acceptors (Lipinski definition) is 0. The molecule has 0 aliphatic heterocycles. The van der Waals surface area contributed by atoms with Crippen molar-refractivity contribution in [2.24, 2.45) is 35.5 Å². The van der Waals surface area contributed by atoms with Gasteiger partial charge in [0.05, 0.1) is 0 Å². The zero-order chi connectivity index (χ0) is 33.6. The number of fused-ring (bicyclic) bond motifs is 2. The van der Waals surface area contributed by atoms with E-state index in [1.54, 1.807) is 16.6 Å². The molecule has 10 unspecified atom stereocenters. The van der Waals surface area contributed by atoms with Crippen molar-refractivity contribution >= 4 is 36.6 Å². The third-order valence-corrected chi connectivity index (χ3v) is 13.1. The minimum atomic E-state index is -0.961. The molecule has 0 heterocycles. The monoisotopic (exact) mass is 794 g/mol. The van der Waals surface area contributed by atoms with E-state index < -0.39 is 27.0 Å². The summed E-state index contributed by atoms with van der Waals surface area (Å²) in [5.74, 6) is 7.66. The first-order valence-electron chi connectivity index (χ1n) is 18.5. The van der Waals surface area contributed by atoms with Crippen LogP contribution in [0.4, 0.5) is 0 Å². The zero-order valence-electron chi connectivity index (χ0n) is 31.6. The number of benzene rings is 3. The van der Waals surface area contributed by atoms with Crippen LogP contribution in [0.5, 0.6) is 0 Å². The first-order valence-corrected chi connectivity index (χ1v) is 27.5. The van der Waals surface area contributed by atoms with Gasteiger partial charge in [0.15, 0.2) is 0 Å². The summed E-state index contributed by atoms with van der Waals surface area (Å²) >= 11 is -0.826. The molecule has 3 aromatic rings. The van der Waals surface area contributed by atoms with Gasteiger partial charge in [0.1, 0.15) is 0 Å². The molecular formula is C44H64BCl2PZr. The van der Waals surface area contributed by atoms with Gasteiger partial charge < -0.3 is 14.9 Å². The van der Waals surface area contributed by atoms with Crippen molar-refractivity contribution < 1.29 is 20.8 Å². The summed E-state index contributed by atoms with van der Waals surface area (Å²) in [6, 6.07) is 34.9. The predicted molar refractivity (Wildman–Crippen MR) is 222 cm³/mol. The molecule has 0 spiro atoms. The van der Waals surface area contributed by atoms with Crippen molar-refractivity contribution in [2.45, 2.75) is 88.7 Å². The Hall–Kier alpha value is -0.512. The molecule has 7 rings (SSSR count). The molecule has 3 aromatic carbocycles. The van der Waals surface area contributed by atoms with Gasteiger partial charge in [0.2, 0.25) is 6.15 Å². The Balaban J connectivity index is 0.000000666. The predicted octanol–water partition coefficient (Wildman–Crippen LogP) is 13.6. The Bertz CT molecular complexity index is 1260. The summed E-state index contributed by atoms with van der Waals surface area (Å²) in [6.45, 7) is 17.5. The van der Waals surface area contributed by atoms with E-state index in [2.05, 4.69) is 125 Å². The third-order valence-electron chi connectivity index (χ3n) is 13.1. The molecule has 0 N–H and O–H groups in total. The summed E-state index contributed by atoms with van der Waals surface area (Å²) in [6.07, 6.45) is 10.2. The third kappa shape index (κ3) is 9.54. The SMILES string of the molecule is CP(C)C.[CH2+][B-](c1ccccc1)(C1C(C)CC2C(c3ccccc3)CCCC21)C1C(C)CC2C(c3ccccc3)CCCC21.[CH3-].[CH3-].[Cl][Zr+2][Cl]. The molecule has 4 aliphatic carbocycles. The quantitative estimate of drug-likeness (QED) is 0.137. The molecule has 0 radical (unpaired) electrons. The van der Waals surface area contributed by atoms with Gasteiger partial charge >= 0.3 is 37.9 Å². The van der Waals surface area contributed by atoms with Gasteiger partial charge in [-0.1, -0.05) is 154 Å². The summed E-state index contributed by atoms with van der Waals surface area (Å²) < 4.78 is 0. The maximum absolute atomic E-state index is 5.54. The van der Waals surface area contributed by atoms with Crippen LogP contribution >= 0.6 is 24.9 Å². The van der Waals surface area contributed by atoms with Gasteiger partial charge in [-0.15, -0.1) is 26.4 Å². The van der Waals surface area contributed by atoms with Crippen molar-refractivity contribution in [3.05, 3.63) is 124 Å². The molecule has 5 heteroatoms. The first kappa shape index (κ1) is 42.9. The van der Waals surface area contributed by atoms with Crippen molar-refractivity contribution in [3.63, 3.8) is 0 Å². The van der Waals surface area contributed by atoms with E-state index in [-0.39, 0.29) is 14.9 Å². The second kappa shape index (κ2) is 20.1. The number of hydrogen-bond donors (Lipinski definition) is 0. The molecule has 4 fully saturated rings. The van der Waals surface area contributed by atoms with Gasteiger partial charge in [-0.25, -0.2) is 0 Å². The van der Waals surface area contributed by atoms with Crippen LogP contribution in [-0.4, -0.2) is 26.1 Å². The van der Waals surface area contributed by atoms with E-state index in [1.807, 2.05) is 0 Å². The van der Waals surface area contributed by atoms with E-state index >= 15 is 0 Å². The molecule has 0 bridgehead atoms. The van der Waals surface area contributed by atoms with Gasteiger partial charge in [0.25, 0.3) is 0 Å². The molecule has 10 atom stereocenters. The summed E-state index contributed by atoms with van der Waals surface area (Å²) in [5, 5.41) is 0. The van der Waals surface area contributed by atoms with E-state index in [1.165, 1.54) is 51.4 Å². The second-order valence-corrected chi connectivity index (χ2v) is 22.6. The zero-order valence-corrected chi connectivity index (χ0v) is 36.4. The second-order valence-electron chi connectivity index (χ2n) is 16.2. The fourth-order valence-corrected chi connectivity index (χ4v) is 12.0. The van der Waals surface area contributed by atoms with Gasteiger partial charge in [-0.2, -0.15) is 5.46 Å². The fraction of sp³-hybridized carbons (Fsp3) is 0.523. The molecule has 4 aliphatic rings. The van der Waals surface area contributed by atoms with E-state index in [0.717, 1.165) is 59.0 Å². The van der Waals surface area contributed by atoms with Crippen LogP contribution < -0.4 is 5.46 Å². The van der Waals surface area contributed by atoms with Gasteiger partial charge in [-0.05, 0) is 80.5 Å². The van der Waals surface area contributed by atoms with E-state index in [0.29, 0.717) is 7.92 Å². The van der Waals surface area contributed by atoms with Gasteiger partial charge in [0, 0.05) is 0 Å². The van der Waals surface area contributed by atoms with Crippen LogP contribution in [0.3, 0.4) is 0 Å². The number of rotatable bonds is 5. The molecule has 0 amide bonds. The standard InChI is InChI=1S/C39H49B.C3H9P.2CH3.2ClH.Zr/c1-27-25-36-32(29-15-7-4-8-16-29)21-13-23-34(36)38(27)40(3,31-19-11-6-12-20-31)39-28(2)26-37-33(22-14-24-35(37)39)30-17-9-5-10-18-30;1-4(2)3;;;;;/h4-12,15-20,27-28,32-39H,3,13-14,21-26H2,1-2H3;1-3H3;2*1H3;2*1H;/q;;2*-1;;;+4/p-2. The topological polar surface area (TPSA) is 0 Å². The van der Waals surface area contributed by atoms with E-state index in [4.69, 9.17) is 23.8 Å². The molecule has 0 aromatic heterocycles. The van der Waals surface area contributed by atoms with Gasteiger partial charge in [-0.3, -0.25) is 0 Å². The van der Waals surface area contributed by atoms with Crippen molar-refractivity contribution in [2.75, 3.05) is 20.0 Å². The molecule has 49 heavy (non-hydrogen) atoms. The minimum absolute atomic E-state index is 0. The van der Waals surface area contributed by atoms with Crippen LogP contribution in [0.25, 0.3) is 0 Å². The average Bonchev–Trinajstić information content (AvgIpc) is 3.61. The van der Waals surface area contributed by atoms with Crippen LogP contribution in [-0.2, 0) is 20.8 Å². The summed E-state index contributed by atoms with van der Waals surface area (Å²) in [7, 11) is 10.2. The van der Waals surface area contributed by atoms with Crippen LogP contribution in [0.1, 0.15) is 88.2 Å². The van der Waals surface area contributed by atoms with E-state index in [9.17, 15) is 0 Å². The molecule has 0 saturated heterocycles. The van der Waals surface area contributed by atoms with Crippen molar-refractivity contribution in [3.8, 4) is 0 Å². The van der Waals surface area contributed by atoms with Crippen LogP contribution in [0, 0.1) is 57.2 Å². The number of halogens is 2. The Morgan fingerprint density at radius 1 is 0.592 bits per heavy atom. The molecule has 266 valence electrons. The Morgan fingerprint density at radius 3 is 1.27 bits per heavy atom. The first-order chi connectivity index (χ1) is 22.7. The summed E-state index contributed by atoms with van der Waals surface area (Å²) in [4.78, 5) is 0. The molecule has 4 saturated carbocycles. The molecular weight excluding hydrogens is 732 g/mol. The maximum atomic E-state index is 5.54. The van der Waals surface area contributed by atoms with Crippen molar-refractivity contribution in [1.29, 1.82) is 0 Å². The van der Waals surface area contributed by atoms with Crippen LogP contribution in [0.15, 0.2) is 91.0 Å². The summed E-state index contributed by atoms with van der Waals surface area (Å²) in [5.41, 5.74) is 4.79. The Kier molecular flexibility index (Phi) is 17.6. The van der Waals surface area contributed by atoms with Crippen molar-refractivity contribution in [1.82, 2.24) is 0 Å². The van der Waals surface area contributed by atoms with Crippen LogP contribution in [0.2, 0.25) is 11.6 Å². The Labute approximate surface area is 323 Å². The average molecular weight is 797 g/mol. The molecule has 0 nitrogen and oxygen atoms in total.